The van der Waals surface area contributed by atoms with Crippen molar-refractivity contribution in [2.45, 2.75) is 18.8 Å². The number of hydrogen-bond acceptors (Lipinski definition) is 8. The molecular formula is C20H23N5O3S. The molecule has 3 aromatic rings. The molecular weight excluding hydrogens is 390 g/mol. The van der Waals surface area contributed by atoms with Crippen LogP contribution in [0.15, 0.2) is 40.8 Å². The molecule has 0 saturated heterocycles. The quantitative estimate of drug-likeness (QED) is 0.576. The minimum atomic E-state index is -0.178. The van der Waals surface area contributed by atoms with Crippen molar-refractivity contribution in [2.75, 3.05) is 25.6 Å². The molecule has 1 aliphatic rings. The number of rotatable bonds is 9. The van der Waals surface area contributed by atoms with E-state index in [0.717, 1.165) is 29.3 Å². The van der Waals surface area contributed by atoms with Gasteiger partial charge in [-0.2, -0.15) is 0 Å². The Bertz CT molecular complexity index is 1000. The number of aromatic nitrogens is 4. The van der Waals surface area contributed by atoms with Crippen LogP contribution >= 0.6 is 11.3 Å². The Morgan fingerprint density at radius 1 is 1.34 bits per heavy atom. The normalized spacial score (nSPS) is 17.7. The van der Waals surface area contributed by atoms with Crippen molar-refractivity contribution in [3.63, 3.8) is 0 Å². The second-order valence-electron chi connectivity index (χ2n) is 6.96. The number of ether oxygens (including phenoxy) is 2. The molecule has 2 unspecified atom stereocenters. The maximum absolute atomic E-state index is 12.3. The van der Waals surface area contributed by atoms with Gasteiger partial charge < -0.3 is 14.8 Å². The van der Waals surface area contributed by atoms with Crippen molar-refractivity contribution in [3.05, 3.63) is 57.0 Å². The monoisotopic (exact) mass is 413 g/mol. The first-order valence-corrected chi connectivity index (χ1v) is 10.4. The molecule has 3 heterocycles. The summed E-state index contributed by atoms with van der Waals surface area (Å²) in [7, 11) is 3.26. The van der Waals surface area contributed by atoms with Crippen LogP contribution in [0.1, 0.15) is 23.0 Å². The third-order valence-electron chi connectivity index (χ3n) is 4.92. The molecule has 0 aliphatic heterocycles. The van der Waals surface area contributed by atoms with Crippen LogP contribution in [0.4, 0.5) is 5.69 Å². The fourth-order valence-electron chi connectivity index (χ4n) is 3.18. The number of pyridine rings is 1. The van der Waals surface area contributed by atoms with E-state index in [1.54, 1.807) is 44.0 Å². The number of thiazole rings is 1. The van der Waals surface area contributed by atoms with Gasteiger partial charge in [0.05, 0.1) is 24.9 Å². The summed E-state index contributed by atoms with van der Waals surface area (Å²) in [5.74, 6) is 1.99. The summed E-state index contributed by atoms with van der Waals surface area (Å²) in [6.45, 7) is 1.17. The maximum atomic E-state index is 12.3. The molecule has 0 amide bonds. The molecule has 2 atom stereocenters. The standard InChI is InChI=1S/C20H23N5O3S/c1-25-20(26)17(21-6-5-19-22-7-8-29-19)10-18(24-25)28-12-13-9-15(13)16-4-3-14(27-2)11-23-16/h3-4,7-8,10-11,13,15,21H,5-6,9,12H2,1-2H3. The molecule has 152 valence electrons. The van der Waals surface area contributed by atoms with Gasteiger partial charge in [-0.15, -0.1) is 16.4 Å². The lowest BCUT2D eigenvalue weighted by molar-refractivity contribution is 0.278. The molecule has 8 nitrogen and oxygen atoms in total. The first-order chi connectivity index (χ1) is 14.1. The van der Waals surface area contributed by atoms with Crippen molar-refractivity contribution in [1.82, 2.24) is 19.7 Å². The van der Waals surface area contributed by atoms with Crippen LogP contribution < -0.4 is 20.3 Å². The Hall–Kier alpha value is -2.94. The molecule has 3 aromatic heterocycles. The molecule has 0 bridgehead atoms. The average Bonchev–Trinajstić information content (AvgIpc) is 3.33. The molecule has 9 heteroatoms. The second-order valence-corrected chi connectivity index (χ2v) is 7.94. The molecule has 0 radical (unpaired) electrons. The van der Waals surface area contributed by atoms with Gasteiger partial charge in [0.25, 0.3) is 5.56 Å². The predicted octanol–water partition coefficient (Wildman–Crippen LogP) is 2.48. The Kier molecular flexibility index (Phi) is 5.75. The zero-order valence-corrected chi connectivity index (χ0v) is 17.2. The van der Waals surface area contributed by atoms with Gasteiger partial charge in [-0.3, -0.25) is 9.78 Å². The highest BCUT2D eigenvalue weighted by atomic mass is 32.1. The smallest absolute Gasteiger partial charge is 0.290 e. The van der Waals surface area contributed by atoms with Crippen molar-refractivity contribution < 1.29 is 9.47 Å². The SMILES string of the molecule is COc1ccc(C2CC2COc2cc(NCCc3nccs3)c(=O)n(C)n2)nc1. The molecule has 0 aromatic carbocycles. The fourth-order valence-corrected chi connectivity index (χ4v) is 3.80. The summed E-state index contributed by atoms with van der Waals surface area (Å²) in [5.41, 5.74) is 1.36. The number of hydrogen-bond donors (Lipinski definition) is 1. The average molecular weight is 414 g/mol. The van der Waals surface area contributed by atoms with E-state index < -0.39 is 0 Å². The van der Waals surface area contributed by atoms with E-state index in [0.29, 0.717) is 36.6 Å². The Morgan fingerprint density at radius 3 is 2.97 bits per heavy atom. The van der Waals surface area contributed by atoms with Crippen molar-refractivity contribution in [1.29, 1.82) is 0 Å². The van der Waals surface area contributed by atoms with Crippen LogP contribution in [-0.4, -0.2) is 40.0 Å². The summed E-state index contributed by atoms with van der Waals surface area (Å²) < 4.78 is 12.3. The molecule has 1 N–H and O–H groups in total. The van der Waals surface area contributed by atoms with Gasteiger partial charge >= 0.3 is 0 Å². The molecule has 1 saturated carbocycles. The van der Waals surface area contributed by atoms with E-state index in [1.165, 1.54) is 4.68 Å². The Morgan fingerprint density at radius 2 is 2.24 bits per heavy atom. The van der Waals surface area contributed by atoms with E-state index >= 15 is 0 Å². The summed E-state index contributed by atoms with van der Waals surface area (Å²) in [6.07, 6.45) is 5.32. The van der Waals surface area contributed by atoms with E-state index in [-0.39, 0.29) is 5.56 Å². The highest BCUT2D eigenvalue weighted by Crippen LogP contribution is 2.46. The van der Waals surface area contributed by atoms with Crippen molar-refractivity contribution >= 4 is 17.0 Å². The van der Waals surface area contributed by atoms with E-state index in [4.69, 9.17) is 9.47 Å². The van der Waals surface area contributed by atoms with Gasteiger partial charge in [0.15, 0.2) is 0 Å². The van der Waals surface area contributed by atoms with E-state index in [9.17, 15) is 4.79 Å². The van der Waals surface area contributed by atoms with Gasteiger partial charge in [0.2, 0.25) is 5.88 Å². The third kappa shape index (κ3) is 4.73. The number of aryl methyl sites for hydroxylation is 1. The minimum absolute atomic E-state index is 0.178. The first kappa shape index (κ1) is 19.4. The van der Waals surface area contributed by atoms with E-state index in [1.807, 2.05) is 17.5 Å². The highest BCUT2D eigenvalue weighted by Gasteiger charge is 2.40. The van der Waals surface area contributed by atoms with Crippen LogP contribution in [0.25, 0.3) is 0 Å². The van der Waals surface area contributed by atoms with Gasteiger partial charge in [0, 0.05) is 55.2 Å². The fraction of sp³-hybridized carbons (Fsp3) is 0.400. The maximum Gasteiger partial charge on any atom is 0.290 e. The predicted molar refractivity (Wildman–Crippen MR) is 111 cm³/mol. The number of methoxy groups -OCH3 is 1. The Balaban J connectivity index is 1.32. The van der Waals surface area contributed by atoms with Crippen LogP contribution in [0.5, 0.6) is 11.6 Å². The van der Waals surface area contributed by atoms with Gasteiger partial charge in [-0.05, 0) is 18.6 Å². The van der Waals surface area contributed by atoms with Gasteiger partial charge in [0.1, 0.15) is 11.4 Å². The summed E-state index contributed by atoms with van der Waals surface area (Å²) in [6, 6.07) is 5.60. The van der Waals surface area contributed by atoms with E-state index in [2.05, 4.69) is 20.4 Å². The van der Waals surface area contributed by atoms with Crippen LogP contribution in [0, 0.1) is 5.92 Å². The first-order valence-electron chi connectivity index (χ1n) is 9.47. The van der Waals surface area contributed by atoms with Gasteiger partial charge in [-0.25, -0.2) is 9.67 Å². The minimum Gasteiger partial charge on any atom is -0.495 e. The van der Waals surface area contributed by atoms with Gasteiger partial charge in [-0.1, -0.05) is 0 Å². The molecule has 29 heavy (non-hydrogen) atoms. The molecule has 1 fully saturated rings. The summed E-state index contributed by atoms with van der Waals surface area (Å²) in [4.78, 5) is 21.0. The van der Waals surface area contributed by atoms with Crippen LogP contribution in [0.3, 0.4) is 0 Å². The second kappa shape index (κ2) is 8.60. The zero-order valence-electron chi connectivity index (χ0n) is 16.4. The van der Waals surface area contributed by atoms with Crippen LogP contribution in [0.2, 0.25) is 0 Å². The topological polar surface area (TPSA) is 91.2 Å². The Labute approximate surface area is 172 Å². The summed E-state index contributed by atoms with van der Waals surface area (Å²) >= 11 is 1.60. The zero-order chi connectivity index (χ0) is 20.2. The number of nitrogens with one attached hydrogen (secondary N) is 1. The lowest BCUT2D eigenvalue weighted by Crippen LogP contribution is -2.24. The molecule has 1 aliphatic carbocycles. The van der Waals surface area contributed by atoms with Crippen LogP contribution in [-0.2, 0) is 13.5 Å². The third-order valence-corrected chi connectivity index (χ3v) is 5.76. The number of anilines is 1. The lowest BCUT2D eigenvalue weighted by Gasteiger charge is -2.10. The molecule has 4 rings (SSSR count). The highest BCUT2D eigenvalue weighted by molar-refractivity contribution is 7.09. The summed E-state index contributed by atoms with van der Waals surface area (Å²) in [5, 5.41) is 10.4. The van der Waals surface area contributed by atoms with Crippen molar-refractivity contribution in [3.8, 4) is 11.6 Å². The number of nitrogens with zero attached hydrogens (tertiary/aromatic N) is 4. The largest absolute Gasteiger partial charge is 0.495 e. The lowest BCUT2D eigenvalue weighted by atomic mass is 10.2. The molecule has 0 spiro atoms. The van der Waals surface area contributed by atoms with Crippen molar-refractivity contribution in [2.24, 2.45) is 13.0 Å².